The fourth-order valence-corrected chi connectivity index (χ4v) is 5.63. The summed E-state index contributed by atoms with van der Waals surface area (Å²) in [6.07, 6.45) is 0. The molecule has 0 amide bonds. The van der Waals surface area contributed by atoms with Crippen molar-refractivity contribution >= 4 is 25.0 Å². The van der Waals surface area contributed by atoms with Crippen molar-refractivity contribution in [2.45, 2.75) is 25.8 Å². The summed E-state index contributed by atoms with van der Waals surface area (Å²) in [5.41, 5.74) is 0.708. The van der Waals surface area contributed by atoms with E-state index in [9.17, 15) is 14.7 Å². The molecule has 0 aliphatic carbocycles. The topological polar surface area (TPSA) is 78.7 Å². The Labute approximate surface area is 128 Å². The lowest BCUT2D eigenvalue weighted by Gasteiger charge is -2.25. The second-order valence-electron chi connectivity index (χ2n) is 4.03. The highest BCUT2D eigenvalue weighted by atomic mass is 32.2. The molecule has 0 aliphatic heterocycles. The molecule has 0 saturated carbocycles. The van der Waals surface area contributed by atoms with Gasteiger partial charge in [0.1, 0.15) is 4.99 Å². The number of nitro benzene ring substituents is 1. The van der Waals surface area contributed by atoms with Gasteiger partial charge in [0.25, 0.3) is 5.69 Å². The van der Waals surface area contributed by atoms with E-state index in [2.05, 4.69) is 0 Å². The van der Waals surface area contributed by atoms with Crippen LogP contribution in [0.1, 0.15) is 31.3 Å². The molecule has 118 valence electrons. The minimum atomic E-state index is -3.31. The van der Waals surface area contributed by atoms with Gasteiger partial charge in [0.15, 0.2) is 0 Å². The standard InChI is InChI=1S/C13H20NO5PS/c1-4-18-20(17,19-5-2)13(21-6-3)11-7-9-12(10-8-11)14(15)16/h7-10,13H,4-6H2,1-3H3. The normalized spacial score (nSPS) is 13.1. The van der Waals surface area contributed by atoms with E-state index in [1.54, 1.807) is 26.0 Å². The Kier molecular flexibility index (Phi) is 7.39. The van der Waals surface area contributed by atoms with Crippen LogP contribution in [0.2, 0.25) is 0 Å². The third kappa shape index (κ3) is 4.81. The van der Waals surface area contributed by atoms with Gasteiger partial charge in [-0.3, -0.25) is 14.7 Å². The molecule has 6 nitrogen and oxygen atoms in total. The molecule has 0 fully saturated rings. The lowest BCUT2D eigenvalue weighted by Crippen LogP contribution is -2.05. The average Bonchev–Trinajstić information content (AvgIpc) is 2.45. The van der Waals surface area contributed by atoms with Gasteiger partial charge in [0.05, 0.1) is 18.1 Å². The van der Waals surface area contributed by atoms with E-state index < -0.39 is 17.5 Å². The molecule has 0 heterocycles. The highest BCUT2D eigenvalue weighted by Crippen LogP contribution is 2.65. The Bertz CT molecular complexity index is 498. The van der Waals surface area contributed by atoms with Gasteiger partial charge in [-0.25, -0.2) is 0 Å². The van der Waals surface area contributed by atoms with Crippen LogP contribution in [0.5, 0.6) is 0 Å². The number of benzene rings is 1. The molecule has 8 heteroatoms. The van der Waals surface area contributed by atoms with Gasteiger partial charge in [-0.2, -0.15) is 0 Å². The third-order valence-corrected chi connectivity index (χ3v) is 6.87. The number of hydrogen-bond acceptors (Lipinski definition) is 6. The molecule has 21 heavy (non-hydrogen) atoms. The van der Waals surface area contributed by atoms with Crippen LogP contribution in [-0.4, -0.2) is 23.9 Å². The Hall–Kier alpha value is -0.880. The van der Waals surface area contributed by atoms with Crippen molar-refractivity contribution < 1.29 is 18.5 Å². The molecule has 0 aromatic heterocycles. The summed E-state index contributed by atoms with van der Waals surface area (Å²) in [6.45, 7) is 6.03. The van der Waals surface area contributed by atoms with Crippen molar-refractivity contribution in [2.75, 3.05) is 19.0 Å². The zero-order chi connectivity index (χ0) is 15.9. The van der Waals surface area contributed by atoms with Gasteiger partial charge in [0, 0.05) is 12.1 Å². The summed E-state index contributed by atoms with van der Waals surface area (Å²) >= 11 is 1.45. The molecule has 0 spiro atoms. The molecular weight excluding hydrogens is 313 g/mol. The second-order valence-corrected chi connectivity index (χ2v) is 7.88. The first kappa shape index (κ1) is 18.2. The molecule has 1 aromatic carbocycles. The number of nitro groups is 1. The summed E-state index contributed by atoms with van der Waals surface area (Å²) in [4.78, 5) is 9.76. The smallest absolute Gasteiger partial charge is 0.308 e. The maximum Gasteiger partial charge on any atom is 0.347 e. The molecule has 1 atom stereocenters. The fourth-order valence-electron chi connectivity index (χ4n) is 1.82. The van der Waals surface area contributed by atoms with Crippen molar-refractivity contribution in [3.63, 3.8) is 0 Å². The van der Waals surface area contributed by atoms with Gasteiger partial charge in [-0.15, -0.1) is 11.8 Å². The summed E-state index contributed by atoms with van der Waals surface area (Å²) in [5.74, 6) is 0.728. The Morgan fingerprint density at radius 1 is 1.19 bits per heavy atom. The number of thioether (sulfide) groups is 1. The van der Waals surface area contributed by atoms with E-state index in [4.69, 9.17) is 9.05 Å². The Morgan fingerprint density at radius 3 is 2.10 bits per heavy atom. The van der Waals surface area contributed by atoms with Gasteiger partial charge in [-0.05, 0) is 25.2 Å². The van der Waals surface area contributed by atoms with E-state index >= 15 is 0 Å². The van der Waals surface area contributed by atoms with Crippen LogP contribution in [0.15, 0.2) is 24.3 Å². The summed E-state index contributed by atoms with van der Waals surface area (Å²) in [6, 6.07) is 6.02. The molecule has 0 bridgehead atoms. The SMILES string of the molecule is CCOP(=O)(OCC)C(SCC)c1ccc([N+](=O)[O-])cc1. The highest BCUT2D eigenvalue weighted by molar-refractivity contribution is 8.04. The number of non-ortho nitro benzene ring substituents is 1. The first-order chi connectivity index (χ1) is 9.98. The molecule has 1 unspecified atom stereocenters. The quantitative estimate of drug-likeness (QED) is 0.373. The zero-order valence-electron chi connectivity index (χ0n) is 12.4. The molecule has 1 rings (SSSR count). The first-order valence-corrected chi connectivity index (χ1v) is 9.39. The average molecular weight is 333 g/mol. The summed E-state index contributed by atoms with van der Waals surface area (Å²) < 4.78 is 23.7. The maximum absolute atomic E-state index is 12.9. The van der Waals surface area contributed by atoms with Gasteiger partial charge in [-0.1, -0.05) is 19.1 Å². The number of rotatable bonds is 9. The van der Waals surface area contributed by atoms with Gasteiger partial charge >= 0.3 is 7.60 Å². The maximum atomic E-state index is 12.9. The minimum Gasteiger partial charge on any atom is -0.308 e. The third-order valence-electron chi connectivity index (χ3n) is 2.62. The van der Waals surface area contributed by atoms with Gasteiger partial charge < -0.3 is 9.05 Å². The monoisotopic (exact) mass is 333 g/mol. The number of hydrogen-bond donors (Lipinski definition) is 0. The zero-order valence-corrected chi connectivity index (χ0v) is 14.1. The van der Waals surface area contributed by atoms with Crippen molar-refractivity contribution in [1.82, 2.24) is 0 Å². The van der Waals surface area contributed by atoms with Crippen molar-refractivity contribution in [2.24, 2.45) is 0 Å². The summed E-state index contributed by atoms with van der Waals surface area (Å²) in [5, 5.41) is 10.7. The highest BCUT2D eigenvalue weighted by Gasteiger charge is 2.37. The lowest BCUT2D eigenvalue weighted by molar-refractivity contribution is -0.384. The summed E-state index contributed by atoms with van der Waals surface area (Å²) in [7, 11) is -3.31. The minimum absolute atomic E-state index is 0.00153. The molecule has 0 radical (unpaired) electrons. The largest absolute Gasteiger partial charge is 0.347 e. The predicted molar refractivity (Wildman–Crippen MR) is 84.8 cm³/mol. The van der Waals surface area contributed by atoms with Crippen molar-refractivity contribution in [3.05, 3.63) is 39.9 Å². The van der Waals surface area contributed by atoms with Crippen LogP contribution in [0.25, 0.3) is 0 Å². The first-order valence-electron chi connectivity index (χ1n) is 6.73. The Morgan fingerprint density at radius 2 is 1.71 bits per heavy atom. The lowest BCUT2D eigenvalue weighted by atomic mass is 10.2. The van der Waals surface area contributed by atoms with Crippen LogP contribution in [0.4, 0.5) is 5.69 Å². The van der Waals surface area contributed by atoms with Crippen LogP contribution in [0, 0.1) is 10.1 Å². The molecule has 0 aliphatic rings. The van der Waals surface area contributed by atoms with Crippen LogP contribution >= 0.6 is 19.4 Å². The van der Waals surface area contributed by atoms with Crippen molar-refractivity contribution in [3.8, 4) is 0 Å². The van der Waals surface area contributed by atoms with Gasteiger partial charge in [0.2, 0.25) is 0 Å². The van der Waals surface area contributed by atoms with E-state index in [0.717, 1.165) is 5.75 Å². The molecule has 1 aromatic rings. The number of nitrogens with zero attached hydrogens (tertiary/aromatic N) is 1. The molecular formula is C13H20NO5PS. The van der Waals surface area contributed by atoms with Crippen LogP contribution < -0.4 is 0 Å². The molecule has 0 saturated heterocycles. The second kappa shape index (κ2) is 8.54. The van der Waals surface area contributed by atoms with E-state index in [1.807, 2.05) is 6.92 Å². The van der Waals surface area contributed by atoms with E-state index in [-0.39, 0.29) is 18.9 Å². The van der Waals surface area contributed by atoms with E-state index in [1.165, 1.54) is 23.9 Å². The van der Waals surface area contributed by atoms with Crippen LogP contribution in [-0.2, 0) is 13.6 Å². The van der Waals surface area contributed by atoms with Crippen molar-refractivity contribution in [1.29, 1.82) is 0 Å². The predicted octanol–water partition coefficient (Wildman–Crippen LogP) is 4.61. The molecule has 0 N–H and O–H groups in total. The van der Waals surface area contributed by atoms with Crippen LogP contribution in [0.3, 0.4) is 0 Å². The van der Waals surface area contributed by atoms with E-state index in [0.29, 0.717) is 5.56 Å². The fraction of sp³-hybridized carbons (Fsp3) is 0.538. The Balaban J connectivity index is 3.14.